The molecule has 0 bridgehead atoms. The molecule has 0 radical (unpaired) electrons. The van der Waals surface area contributed by atoms with Crippen LogP contribution in [0, 0.1) is 0 Å². The van der Waals surface area contributed by atoms with Gasteiger partial charge in [-0.05, 0) is 19.8 Å². The van der Waals surface area contributed by atoms with Gasteiger partial charge in [-0.2, -0.15) is 9.50 Å². The highest BCUT2D eigenvalue weighted by Gasteiger charge is 2.10. The SMILES string of the molecule is CCOC(=O)CCCc1cc(=O)n2nc(-c3ccccc3)nc2[nH]1. The minimum atomic E-state index is -0.246. The van der Waals surface area contributed by atoms with Crippen LogP contribution in [0.2, 0.25) is 0 Å². The fourth-order valence-corrected chi connectivity index (χ4v) is 2.44. The second-order valence-corrected chi connectivity index (χ2v) is 5.33. The van der Waals surface area contributed by atoms with Gasteiger partial charge < -0.3 is 9.72 Å². The molecule has 0 unspecified atom stereocenters. The molecule has 0 saturated carbocycles. The van der Waals surface area contributed by atoms with E-state index < -0.39 is 0 Å². The van der Waals surface area contributed by atoms with E-state index in [-0.39, 0.29) is 11.5 Å². The molecule has 1 aromatic carbocycles. The first kappa shape index (κ1) is 15.9. The second kappa shape index (κ2) is 7.08. The van der Waals surface area contributed by atoms with Gasteiger partial charge in [0.2, 0.25) is 5.78 Å². The Bertz CT molecular complexity index is 899. The monoisotopic (exact) mass is 326 g/mol. The molecular weight excluding hydrogens is 308 g/mol. The van der Waals surface area contributed by atoms with Crippen LogP contribution in [0.25, 0.3) is 17.2 Å². The van der Waals surface area contributed by atoms with Crippen LogP contribution >= 0.6 is 0 Å². The van der Waals surface area contributed by atoms with E-state index in [2.05, 4.69) is 15.1 Å². The van der Waals surface area contributed by atoms with E-state index in [4.69, 9.17) is 4.74 Å². The molecule has 124 valence electrons. The van der Waals surface area contributed by atoms with Crippen molar-refractivity contribution in [2.24, 2.45) is 0 Å². The lowest BCUT2D eigenvalue weighted by Crippen LogP contribution is -2.16. The first-order valence-corrected chi connectivity index (χ1v) is 7.87. The van der Waals surface area contributed by atoms with Crippen molar-refractivity contribution in [3.05, 3.63) is 52.4 Å². The van der Waals surface area contributed by atoms with Crippen molar-refractivity contribution in [1.82, 2.24) is 19.6 Å². The molecule has 0 aliphatic carbocycles. The van der Waals surface area contributed by atoms with Crippen LogP contribution in [0.15, 0.2) is 41.2 Å². The third-order valence-electron chi connectivity index (χ3n) is 3.55. The van der Waals surface area contributed by atoms with Gasteiger partial charge in [0.05, 0.1) is 6.61 Å². The van der Waals surface area contributed by atoms with Crippen LogP contribution in [0.1, 0.15) is 25.5 Å². The van der Waals surface area contributed by atoms with E-state index in [0.29, 0.717) is 37.5 Å². The smallest absolute Gasteiger partial charge is 0.305 e. The van der Waals surface area contributed by atoms with Crippen molar-refractivity contribution in [2.75, 3.05) is 6.61 Å². The Hall–Kier alpha value is -2.96. The van der Waals surface area contributed by atoms with E-state index in [1.807, 2.05) is 30.3 Å². The summed E-state index contributed by atoms with van der Waals surface area (Å²) in [4.78, 5) is 31.0. The van der Waals surface area contributed by atoms with Gasteiger partial charge in [0.1, 0.15) is 0 Å². The molecule has 0 saturated heterocycles. The number of carbonyl (C=O) groups is 1. The molecule has 0 amide bonds. The number of H-pyrrole nitrogens is 1. The van der Waals surface area contributed by atoms with Crippen molar-refractivity contribution in [1.29, 1.82) is 0 Å². The minimum absolute atomic E-state index is 0.227. The summed E-state index contributed by atoms with van der Waals surface area (Å²) in [6, 6.07) is 11.0. The average molecular weight is 326 g/mol. The molecule has 0 atom stereocenters. The number of aromatic amines is 1. The van der Waals surface area contributed by atoms with E-state index in [9.17, 15) is 9.59 Å². The highest BCUT2D eigenvalue weighted by molar-refractivity contribution is 5.69. The molecule has 2 aromatic heterocycles. The van der Waals surface area contributed by atoms with Gasteiger partial charge >= 0.3 is 5.97 Å². The number of fused-ring (bicyclic) bond motifs is 1. The Labute approximate surface area is 138 Å². The van der Waals surface area contributed by atoms with Gasteiger partial charge in [0.15, 0.2) is 5.82 Å². The summed E-state index contributed by atoms with van der Waals surface area (Å²) < 4.78 is 6.14. The lowest BCUT2D eigenvalue weighted by molar-refractivity contribution is -0.143. The summed E-state index contributed by atoms with van der Waals surface area (Å²) in [6.07, 6.45) is 1.49. The van der Waals surface area contributed by atoms with Crippen LogP contribution in [-0.2, 0) is 16.0 Å². The van der Waals surface area contributed by atoms with Crippen LogP contribution < -0.4 is 5.56 Å². The largest absolute Gasteiger partial charge is 0.466 e. The lowest BCUT2D eigenvalue weighted by atomic mass is 10.2. The summed E-state index contributed by atoms with van der Waals surface area (Å²) in [6.45, 7) is 2.16. The number of esters is 1. The quantitative estimate of drug-likeness (QED) is 0.700. The molecular formula is C17H18N4O3. The van der Waals surface area contributed by atoms with Crippen molar-refractivity contribution < 1.29 is 9.53 Å². The Morgan fingerprint density at radius 3 is 2.83 bits per heavy atom. The summed E-state index contributed by atoms with van der Waals surface area (Å²) in [7, 11) is 0. The number of nitrogens with one attached hydrogen (secondary N) is 1. The summed E-state index contributed by atoms with van der Waals surface area (Å²) in [5.41, 5.74) is 1.33. The highest BCUT2D eigenvalue weighted by Crippen LogP contribution is 2.14. The van der Waals surface area contributed by atoms with Gasteiger partial charge in [-0.3, -0.25) is 9.59 Å². The Morgan fingerprint density at radius 2 is 2.08 bits per heavy atom. The third-order valence-corrected chi connectivity index (χ3v) is 3.55. The van der Waals surface area contributed by atoms with E-state index in [0.717, 1.165) is 11.3 Å². The molecule has 24 heavy (non-hydrogen) atoms. The molecule has 3 aromatic rings. The number of benzene rings is 1. The zero-order valence-corrected chi connectivity index (χ0v) is 13.4. The third kappa shape index (κ3) is 3.51. The maximum atomic E-state index is 12.2. The number of nitrogens with zero attached hydrogens (tertiary/aromatic N) is 3. The lowest BCUT2D eigenvalue weighted by Gasteiger charge is -2.02. The van der Waals surface area contributed by atoms with Gasteiger partial charge in [-0.15, -0.1) is 5.10 Å². The number of hydrogen-bond acceptors (Lipinski definition) is 5. The number of aromatic nitrogens is 4. The van der Waals surface area contributed by atoms with Crippen LogP contribution in [0.5, 0.6) is 0 Å². The molecule has 0 aliphatic rings. The predicted molar refractivity (Wildman–Crippen MR) is 88.6 cm³/mol. The maximum Gasteiger partial charge on any atom is 0.305 e. The minimum Gasteiger partial charge on any atom is -0.466 e. The maximum absolute atomic E-state index is 12.2. The number of ether oxygens (including phenoxy) is 1. The average Bonchev–Trinajstić information content (AvgIpc) is 3.01. The number of rotatable bonds is 6. The first-order valence-electron chi connectivity index (χ1n) is 7.87. The first-order chi connectivity index (χ1) is 11.7. The van der Waals surface area contributed by atoms with Crippen LogP contribution in [0.3, 0.4) is 0 Å². The molecule has 0 fully saturated rings. The van der Waals surface area contributed by atoms with Gasteiger partial charge in [-0.25, -0.2) is 0 Å². The molecule has 0 aliphatic heterocycles. The van der Waals surface area contributed by atoms with Crippen LogP contribution in [0.4, 0.5) is 0 Å². The van der Waals surface area contributed by atoms with Gasteiger partial charge in [-0.1, -0.05) is 30.3 Å². The number of hydrogen-bond donors (Lipinski definition) is 1. The van der Waals surface area contributed by atoms with Crippen molar-refractivity contribution >= 4 is 11.7 Å². The Morgan fingerprint density at radius 1 is 1.29 bits per heavy atom. The zero-order chi connectivity index (χ0) is 16.9. The van der Waals surface area contributed by atoms with Crippen molar-refractivity contribution in [3.8, 4) is 11.4 Å². The molecule has 2 heterocycles. The fourth-order valence-electron chi connectivity index (χ4n) is 2.44. The second-order valence-electron chi connectivity index (χ2n) is 5.33. The van der Waals surface area contributed by atoms with Crippen molar-refractivity contribution in [3.63, 3.8) is 0 Å². The molecule has 0 spiro atoms. The standard InChI is InChI=1S/C17H18N4O3/c1-2-24-15(23)10-6-9-13-11-14(22)21-17(18-13)19-16(20-21)12-7-4-3-5-8-12/h3-5,7-8,11H,2,6,9-10H2,1H3,(H,18,19,20). The zero-order valence-electron chi connectivity index (χ0n) is 13.4. The topological polar surface area (TPSA) is 89.3 Å². The highest BCUT2D eigenvalue weighted by atomic mass is 16.5. The fraction of sp³-hybridized carbons (Fsp3) is 0.294. The Balaban J connectivity index is 1.80. The number of aryl methyl sites for hydroxylation is 1. The number of carbonyl (C=O) groups excluding carboxylic acids is 1. The van der Waals surface area contributed by atoms with Gasteiger partial charge in [0, 0.05) is 23.7 Å². The van der Waals surface area contributed by atoms with Crippen molar-refractivity contribution in [2.45, 2.75) is 26.2 Å². The van der Waals surface area contributed by atoms with E-state index in [1.54, 1.807) is 6.92 Å². The molecule has 3 rings (SSSR count). The van der Waals surface area contributed by atoms with E-state index in [1.165, 1.54) is 10.6 Å². The summed E-state index contributed by atoms with van der Waals surface area (Å²) in [5, 5.41) is 4.24. The summed E-state index contributed by atoms with van der Waals surface area (Å²) >= 11 is 0. The Kier molecular flexibility index (Phi) is 4.69. The molecule has 7 heteroatoms. The molecule has 1 N–H and O–H groups in total. The predicted octanol–water partition coefficient (Wildman–Crippen LogP) is 1.97. The van der Waals surface area contributed by atoms with Gasteiger partial charge in [0.25, 0.3) is 5.56 Å². The normalized spacial score (nSPS) is 10.9. The molecule has 7 nitrogen and oxygen atoms in total. The van der Waals surface area contributed by atoms with Crippen LogP contribution in [-0.4, -0.2) is 32.2 Å². The van der Waals surface area contributed by atoms with E-state index >= 15 is 0 Å². The summed E-state index contributed by atoms with van der Waals surface area (Å²) in [5.74, 6) is 0.662.